The number of hydrogen-bond acceptors (Lipinski definition) is 4. The number of ether oxygens (including phenoxy) is 2. The lowest BCUT2D eigenvalue weighted by Gasteiger charge is -2.45. The highest BCUT2D eigenvalue weighted by atomic mass is 16.5. The van der Waals surface area contributed by atoms with Crippen LogP contribution in [0.4, 0.5) is 0 Å². The van der Waals surface area contributed by atoms with E-state index in [0.717, 1.165) is 31.2 Å². The van der Waals surface area contributed by atoms with Gasteiger partial charge in [-0.05, 0) is 68.1 Å². The van der Waals surface area contributed by atoms with Gasteiger partial charge in [-0.25, -0.2) is 0 Å². The molecule has 6 heteroatoms. The number of rotatable bonds is 5. The van der Waals surface area contributed by atoms with Crippen molar-refractivity contribution < 1.29 is 19.1 Å². The van der Waals surface area contributed by atoms with Crippen molar-refractivity contribution in [3.8, 4) is 11.5 Å². The van der Waals surface area contributed by atoms with Crippen LogP contribution in [0.2, 0.25) is 0 Å². The number of hydrogen-bond donors (Lipinski definition) is 2. The summed E-state index contributed by atoms with van der Waals surface area (Å²) in [5.41, 5.74) is 0.907. The van der Waals surface area contributed by atoms with Gasteiger partial charge in [0.25, 0.3) is 0 Å². The highest BCUT2D eigenvalue weighted by molar-refractivity contribution is 5.83. The van der Waals surface area contributed by atoms with Gasteiger partial charge in [0.2, 0.25) is 11.8 Å². The smallest absolute Gasteiger partial charge is 0.223 e. The molecule has 5 rings (SSSR count). The summed E-state index contributed by atoms with van der Waals surface area (Å²) in [4.78, 5) is 25.2. The Kier molecular flexibility index (Phi) is 5.35. The number of carbonyl (C=O) groups is 2. The lowest BCUT2D eigenvalue weighted by molar-refractivity contribution is -0.124. The van der Waals surface area contributed by atoms with E-state index in [1.807, 2.05) is 12.1 Å². The molecule has 1 heterocycles. The molecule has 31 heavy (non-hydrogen) atoms. The average Bonchev–Trinajstić information content (AvgIpc) is 3.42. The van der Waals surface area contributed by atoms with Crippen molar-refractivity contribution in [1.82, 2.24) is 10.6 Å². The maximum Gasteiger partial charge on any atom is 0.223 e. The second-order valence-corrected chi connectivity index (χ2v) is 9.99. The number of benzene rings is 1. The first-order chi connectivity index (χ1) is 15.0. The van der Waals surface area contributed by atoms with Gasteiger partial charge in [0, 0.05) is 29.8 Å². The van der Waals surface area contributed by atoms with Crippen molar-refractivity contribution in [3.63, 3.8) is 0 Å². The summed E-state index contributed by atoms with van der Waals surface area (Å²) in [6.45, 7) is 0. The molecule has 0 aromatic heterocycles. The van der Waals surface area contributed by atoms with Crippen molar-refractivity contribution in [1.29, 1.82) is 0 Å². The first-order valence-electron chi connectivity index (χ1n) is 11.9. The van der Waals surface area contributed by atoms with Gasteiger partial charge in [-0.2, -0.15) is 0 Å². The molecular formula is C25H34N2O4. The Morgan fingerprint density at radius 2 is 1.81 bits per heavy atom. The van der Waals surface area contributed by atoms with Crippen LogP contribution in [0.15, 0.2) is 18.2 Å². The molecule has 168 valence electrons. The zero-order valence-electron chi connectivity index (χ0n) is 18.6. The van der Waals surface area contributed by atoms with Gasteiger partial charge in [-0.1, -0.05) is 18.9 Å². The van der Waals surface area contributed by atoms with Crippen LogP contribution < -0.4 is 20.1 Å². The van der Waals surface area contributed by atoms with Crippen LogP contribution in [0.1, 0.15) is 69.3 Å². The molecule has 5 atom stereocenters. The summed E-state index contributed by atoms with van der Waals surface area (Å²) >= 11 is 0. The highest BCUT2D eigenvalue weighted by Gasteiger charge is 2.55. The van der Waals surface area contributed by atoms with Crippen molar-refractivity contribution in [2.75, 3.05) is 14.2 Å². The standard InChI is InChI=1S/C25H34N2O4/c1-30-20-8-7-15(13-21(20)31-2)19-14-16(9-11-25(19)12-10-22(28)27-25)26-24(29)23-17-5-3-4-6-18(17)23/h7-8,13,16-19,23H,3-6,9-12,14H2,1-2H3,(H,26,29)(H,27,28)/t16-,17?,18?,19+,23?,25-/m0/s1. The first kappa shape index (κ1) is 20.7. The maximum absolute atomic E-state index is 13.0. The van der Waals surface area contributed by atoms with Crippen LogP contribution in [-0.4, -0.2) is 37.6 Å². The van der Waals surface area contributed by atoms with Crippen molar-refractivity contribution >= 4 is 11.8 Å². The third-order valence-corrected chi connectivity index (χ3v) is 8.43. The lowest BCUT2D eigenvalue weighted by Crippen LogP contribution is -2.54. The van der Waals surface area contributed by atoms with E-state index in [1.165, 1.54) is 25.7 Å². The van der Waals surface area contributed by atoms with E-state index in [4.69, 9.17) is 9.47 Å². The Bertz CT molecular complexity index is 859. The SMILES string of the molecule is COc1ccc([C@H]2C[C@@H](NC(=O)C3C4CCCCC43)CC[C@]23CCC(=O)N3)cc1OC. The van der Waals surface area contributed by atoms with Gasteiger partial charge in [-0.15, -0.1) is 0 Å². The Morgan fingerprint density at radius 3 is 2.45 bits per heavy atom. The quantitative estimate of drug-likeness (QED) is 0.755. The number of fused-ring (bicyclic) bond motifs is 1. The van der Waals surface area contributed by atoms with Crippen LogP contribution in [-0.2, 0) is 9.59 Å². The van der Waals surface area contributed by atoms with Crippen LogP contribution in [0.5, 0.6) is 11.5 Å². The third kappa shape index (κ3) is 3.68. The van der Waals surface area contributed by atoms with E-state index >= 15 is 0 Å². The summed E-state index contributed by atoms with van der Waals surface area (Å²) in [5, 5.41) is 6.71. The zero-order valence-corrected chi connectivity index (χ0v) is 18.6. The van der Waals surface area contributed by atoms with Gasteiger partial charge in [0.15, 0.2) is 11.5 Å². The Balaban J connectivity index is 1.35. The fourth-order valence-electron chi connectivity index (χ4n) is 6.76. The molecule has 1 aromatic carbocycles. The Hall–Kier alpha value is -2.24. The molecule has 4 fully saturated rings. The first-order valence-corrected chi connectivity index (χ1v) is 11.9. The molecule has 3 aliphatic carbocycles. The molecule has 1 aromatic rings. The summed E-state index contributed by atoms with van der Waals surface area (Å²) in [6.07, 6.45) is 9.05. The monoisotopic (exact) mass is 426 g/mol. The minimum Gasteiger partial charge on any atom is -0.493 e. The lowest BCUT2D eigenvalue weighted by atomic mass is 9.67. The summed E-state index contributed by atoms with van der Waals surface area (Å²) in [6, 6.07) is 6.21. The predicted molar refractivity (Wildman–Crippen MR) is 117 cm³/mol. The normalized spacial score (nSPS) is 36.5. The van der Waals surface area contributed by atoms with E-state index in [9.17, 15) is 9.59 Å². The largest absolute Gasteiger partial charge is 0.493 e. The minimum atomic E-state index is -0.231. The molecular weight excluding hydrogens is 392 g/mol. The van der Waals surface area contributed by atoms with Crippen molar-refractivity contribution in [2.45, 2.75) is 75.3 Å². The zero-order chi connectivity index (χ0) is 21.6. The average molecular weight is 427 g/mol. The van der Waals surface area contributed by atoms with Crippen LogP contribution in [0.3, 0.4) is 0 Å². The van der Waals surface area contributed by atoms with E-state index in [2.05, 4.69) is 16.7 Å². The fraction of sp³-hybridized carbons (Fsp3) is 0.680. The number of nitrogens with one attached hydrogen (secondary N) is 2. The number of methoxy groups -OCH3 is 2. The molecule has 2 unspecified atom stereocenters. The van der Waals surface area contributed by atoms with Gasteiger partial charge in [-0.3, -0.25) is 9.59 Å². The summed E-state index contributed by atoms with van der Waals surface area (Å²) in [5.74, 6) is 3.43. The third-order valence-electron chi connectivity index (χ3n) is 8.43. The molecule has 4 aliphatic rings. The molecule has 1 aliphatic heterocycles. The minimum absolute atomic E-state index is 0.134. The summed E-state index contributed by atoms with van der Waals surface area (Å²) < 4.78 is 11.0. The molecule has 0 bridgehead atoms. The molecule has 1 spiro atoms. The van der Waals surface area contributed by atoms with E-state index in [0.29, 0.717) is 29.8 Å². The molecule has 3 saturated carbocycles. The fourth-order valence-corrected chi connectivity index (χ4v) is 6.76. The second-order valence-electron chi connectivity index (χ2n) is 9.99. The summed E-state index contributed by atoms with van der Waals surface area (Å²) in [7, 11) is 3.28. The van der Waals surface area contributed by atoms with E-state index in [1.54, 1.807) is 14.2 Å². The molecule has 6 nitrogen and oxygen atoms in total. The van der Waals surface area contributed by atoms with Crippen LogP contribution in [0, 0.1) is 17.8 Å². The molecule has 0 radical (unpaired) electrons. The molecule has 2 amide bonds. The van der Waals surface area contributed by atoms with Gasteiger partial charge < -0.3 is 20.1 Å². The topological polar surface area (TPSA) is 76.7 Å². The van der Waals surface area contributed by atoms with E-state index < -0.39 is 0 Å². The predicted octanol–water partition coefficient (Wildman–Crippen LogP) is 3.54. The number of carbonyl (C=O) groups excluding carboxylic acids is 2. The van der Waals surface area contributed by atoms with Crippen molar-refractivity contribution in [3.05, 3.63) is 23.8 Å². The Labute approximate surface area is 184 Å². The van der Waals surface area contributed by atoms with Gasteiger partial charge >= 0.3 is 0 Å². The number of amides is 2. The van der Waals surface area contributed by atoms with Crippen molar-refractivity contribution in [2.24, 2.45) is 17.8 Å². The van der Waals surface area contributed by atoms with Gasteiger partial charge in [0.1, 0.15) is 0 Å². The second kappa shape index (κ2) is 8.03. The molecule has 2 N–H and O–H groups in total. The van der Waals surface area contributed by atoms with Crippen LogP contribution in [0.25, 0.3) is 0 Å². The van der Waals surface area contributed by atoms with Gasteiger partial charge in [0.05, 0.1) is 14.2 Å². The van der Waals surface area contributed by atoms with Crippen LogP contribution >= 0.6 is 0 Å². The van der Waals surface area contributed by atoms with E-state index in [-0.39, 0.29) is 35.2 Å². The Morgan fingerprint density at radius 1 is 1.06 bits per heavy atom. The maximum atomic E-state index is 13.0. The molecule has 1 saturated heterocycles. The highest BCUT2D eigenvalue weighted by Crippen LogP contribution is 2.55.